The Bertz CT molecular complexity index is 859. The molecule has 2 aromatic rings. The number of hydrogen-bond donors (Lipinski definition) is 2. The van der Waals surface area contributed by atoms with Crippen LogP contribution < -0.4 is 10.6 Å². The number of aryl methyl sites for hydroxylation is 3. The van der Waals surface area contributed by atoms with Crippen LogP contribution in [0, 0.1) is 18.3 Å². The van der Waals surface area contributed by atoms with Crippen LogP contribution in [0.1, 0.15) is 30.5 Å². The molecule has 0 aliphatic carbocycles. The zero-order chi connectivity index (χ0) is 19.1. The van der Waals surface area contributed by atoms with Crippen LogP contribution in [0.4, 0.5) is 11.4 Å². The largest absolute Gasteiger partial charge is 0.360 e. The minimum absolute atomic E-state index is 0.0280. The Labute approximate surface area is 163 Å². The number of para-hydroxylation sites is 1. The Morgan fingerprint density at radius 2 is 1.85 bits per heavy atom. The molecule has 2 aromatic carbocycles. The van der Waals surface area contributed by atoms with Crippen LogP contribution in [0.3, 0.4) is 0 Å². The number of amides is 1. The Morgan fingerprint density at radius 3 is 2.38 bits per heavy atom. The third-order valence-electron chi connectivity index (χ3n) is 4.16. The number of nitriles is 1. The minimum Gasteiger partial charge on any atom is -0.360 e. The number of anilines is 2. The molecular formula is C21H22BrN3O. The molecule has 4 nitrogen and oxygen atoms in total. The summed E-state index contributed by atoms with van der Waals surface area (Å²) in [6.45, 7) is 6.05. The van der Waals surface area contributed by atoms with E-state index < -0.39 is 5.91 Å². The third-order valence-corrected chi connectivity index (χ3v) is 4.66. The van der Waals surface area contributed by atoms with E-state index in [1.807, 2.05) is 63.2 Å². The number of carbonyl (C=O) groups excluding carboxylic acids is 1. The molecule has 0 radical (unpaired) electrons. The smallest absolute Gasteiger partial charge is 0.267 e. The Hall–Kier alpha value is -2.58. The van der Waals surface area contributed by atoms with E-state index in [1.54, 1.807) is 0 Å². The number of halogens is 1. The average molecular weight is 412 g/mol. The monoisotopic (exact) mass is 411 g/mol. The summed E-state index contributed by atoms with van der Waals surface area (Å²) in [7, 11) is 0. The van der Waals surface area contributed by atoms with Crippen molar-refractivity contribution < 1.29 is 4.79 Å². The molecule has 0 aliphatic rings. The maximum atomic E-state index is 12.6. The Kier molecular flexibility index (Phi) is 6.99. The lowest BCUT2D eigenvalue weighted by Gasteiger charge is -2.14. The van der Waals surface area contributed by atoms with E-state index in [0.29, 0.717) is 0 Å². The van der Waals surface area contributed by atoms with Crippen molar-refractivity contribution in [3.8, 4) is 6.07 Å². The zero-order valence-corrected chi connectivity index (χ0v) is 16.8. The fourth-order valence-corrected chi connectivity index (χ4v) is 3.15. The molecule has 1 amide bonds. The molecule has 0 bridgehead atoms. The van der Waals surface area contributed by atoms with Crippen LogP contribution in [0.15, 0.2) is 52.6 Å². The molecule has 0 atom stereocenters. The van der Waals surface area contributed by atoms with Crippen LogP contribution in [-0.2, 0) is 17.6 Å². The molecule has 2 N–H and O–H groups in total. The first-order valence-corrected chi connectivity index (χ1v) is 9.34. The van der Waals surface area contributed by atoms with Crippen molar-refractivity contribution in [3.05, 3.63) is 69.3 Å². The normalized spacial score (nSPS) is 11.0. The second-order valence-electron chi connectivity index (χ2n) is 5.89. The summed E-state index contributed by atoms with van der Waals surface area (Å²) in [5.74, 6) is -0.412. The van der Waals surface area contributed by atoms with Gasteiger partial charge in [0.2, 0.25) is 0 Å². The van der Waals surface area contributed by atoms with E-state index >= 15 is 0 Å². The molecule has 0 heterocycles. The Morgan fingerprint density at radius 1 is 1.19 bits per heavy atom. The highest BCUT2D eigenvalue weighted by molar-refractivity contribution is 9.10. The van der Waals surface area contributed by atoms with Gasteiger partial charge in [0, 0.05) is 22.0 Å². The first-order valence-electron chi connectivity index (χ1n) is 8.55. The van der Waals surface area contributed by atoms with Gasteiger partial charge in [-0.3, -0.25) is 4.79 Å². The van der Waals surface area contributed by atoms with Crippen molar-refractivity contribution in [2.75, 3.05) is 10.6 Å². The topological polar surface area (TPSA) is 64.9 Å². The van der Waals surface area contributed by atoms with E-state index in [2.05, 4.69) is 26.6 Å². The van der Waals surface area contributed by atoms with Crippen LogP contribution in [0.2, 0.25) is 0 Å². The predicted molar refractivity (Wildman–Crippen MR) is 110 cm³/mol. The number of hydrogen-bond acceptors (Lipinski definition) is 3. The van der Waals surface area contributed by atoms with Crippen molar-refractivity contribution >= 4 is 33.2 Å². The van der Waals surface area contributed by atoms with Gasteiger partial charge in [-0.1, -0.05) is 48.0 Å². The van der Waals surface area contributed by atoms with E-state index in [9.17, 15) is 10.1 Å². The minimum atomic E-state index is -0.412. The van der Waals surface area contributed by atoms with Gasteiger partial charge in [0.15, 0.2) is 0 Å². The summed E-state index contributed by atoms with van der Waals surface area (Å²) < 4.78 is 0.978. The summed E-state index contributed by atoms with van der Waals surface area (Å²) in [4.78, 5) is 12.6. The summed E-state index contributed by atoms with van der Waals surface area (Å²) >= 11 is 3.42. The van der Waals surface area contributed by atoms with Gasteiger partial charge in [0.05, 0.1) is 0 Å². The first kappa shape index (κ1) is 19.7. The second kappa shape index (κ2) is 9.21. The van der Waals surface area contributed by atoms with Gasteiger partial charge in [0.1, 0.15) is 11.6 Å². The maximum Gasteiger partial charge on any atom is 0.267 e. The van der Waals surface area contributed by atoms with Crippen LogP contribution in [0.5, 0.6) is 0 Å². The van der Waals surface area contributed by atoms with Crippen molar-refractivity contribution in [2.24, 2.45) is 0 Å². The quantitative estimate of drug-likeness (QED) is 0.497. The molecule has 2 rings (SSSR count). The molecule has 26 heavy (non-hydrogen) atoms. The number of nitrogens with zero attached hydrogens (tertiary/aromatic N) is 1. The molecule has 5 heteroatoms. The lowest BCUT2D eigenvalue weighted by atomic mass is 10.0. The van der Waals surface area contributed by atoms with E-state index in [1.165, 1.54) is 6.20 Å². The van der Waals surface area contributed by atoms with E-state index in [0.717, 1.165) is 45.4 Å². The molecule has 0 saturated heterocycles. The van der Waals surface area contributed by atoms with Crippen LogP contribution >= 0.6 is 15.9 Å². The predicted octanol–water partition coefficient (Wildman–Crippen LogP) is 5.34. The lowest BCUT2D eigenvalue weighted by Crippen LogP contribution is -2.17. The molecule has 0 aliphatic heterocycles. The molecule has 0 spiro atoms. The molecule has 0 fully saturated rings. The highest BCUT2D eigenvalue weighted by atomic mass is 79.9. The highest BCUT2D eigenvalue weighted by Crippen LogP contribution is 2.24. The van der Waals surface area contributed by atoms with Crippen molar-refractivity contribution in [3.63, 3.8) is 0 Å². The van der Waals surface area contributed by atoms with Gasteiger partial charge in [-0.05, 0) is 54.7 Å². The van der Waals surface area contributed by atoms with Gasteiger partial charge in [0.25, 0.3) is 5.91 Å². The van der Waals surface area contributed by atoms with E-state index in [-0.39, 0.29) is 5.57 Å². The number of nitrogens with one attached hydrogen (secondary N) is 2. The zero-order valence-electron chi connectivity index (χ0n) is 15.2. The summed E-state index contributed by atoms with van der Waals surface area (Å²) in [5, 5.41) is 15.4. The van der Waals surface area contributed by atoms with Gasteiger partial charge >= 0.3 is 0 Å². The third kappa shape index (κ3) is 4.74. The maximum absolute atomic E-state index is 12.6. The first-order chi connectivity index (χ1) is 12.5. The number of carbonyl (C=O) groups is 1. The molecule has 0 saturated carbocycles. The highest BCUT2D eigenvalue weighted by Gasteiger charge is 2.14. The fraction of sp³-hybridized carbons (Fsp3) is 0.238. The summed E-state index contributed by atoms with van der Waals surface area (Å²) in [5.41, 5.74) is 4.82. The van der Waals surface area contributed by atoms with Crippen LogP contribution in [0.25, 0.3) is 0 Å². The van der Waals surface area contributed by atoms with Gasteiger partial charge < -0.3 is 10.6 Å². The molecule has 134 valence electrons. The van der Waals surface area contributed by atoms with E-state index in [4.69, 9.17) is 0 Å². The fourth-order valence-electron chi connectivity index (χ4n) is 2.67. The number of benzene rings is 2. The lowest BCUT2D eigenvalue weighted by molar-refractivity contribution is -0.112. The van der Waals surface area contributed by atoms with Crippen molar-refractivity contribution in [2.45, 2.75) is 33.6 Å². The average Bonchev–Trinajstić information content (AvgIpc) is 2.63. The van der Waals surface area contributed by atoms with Gasteiger partial charge in [-0.15, -0.1) is 0 Å². The van der Waals surface area contributed by atoms with Crippen LogP contribution in [-0.4, -0.2) is 5.91 Å². The molecule has 0 aromatic heterocycles. The Balaban J connectivity index is 2.23. The molecule has 0 unspecified atom stereocenters. The molecular weight excluding hydrogens is 390 g/mol. The van der Waals surface area contributed by atoms with Gasteiger partial charge in [-0.2, -0.15) is 5.26 Å². The SMILES string of the molecule is CCc1cccc(CC)c1NC(=O)/C(C#N)=C\Nc1ccc(Br)cc1C. The standard InChI is InChI=1S/C21H22BrN3O/c1-4-15-7-6-8-16(5-2)20(15)25-21(26)17(12-23)13-24-19-10-9-18(22)11-14(19)3/h6-11,13,24H,4-5H2,1-3H3,(H,25,26)/b17-13-. The number of rotatable bonds is 6. The van der Waals surface area contributed by atoms with Crippen molar-refractivity contribution in [1.82, 2.24) is 0 Å². The second-order valence-corrected chi connectivity index (χ2v) is 6.80. The van der Waals surface area contributed by atoms with Gasteiger partial charge in [-0.25, -0.2) is 0 Å². The van der Waals surface area contributed by atoms with Crippen molar-refractivity contribution in [1.29, 1.82) is 5.26 Å². The summed E-state index contributed by atoms with van der Waals surface area (Å²) in [6.07, 6.45) is 3.07. The summed E-state index contributed by atoms with van der Waals surface area (Å²) in [6, 6.07) is 13.7.